The fourth-order valence-electron chi connectivity index (χ4n) is 2.92. The van der Waals surface area contributed by atoms with Gasteiger partial charge in [0.25, 0.3) is 5.56 Å². The van der Waals surface area contributed by atoms with Gasteiger partial charge in [0.05, 0.1) is 11.7 Å². The van der Waals surface area contributed by atoms with E-state index in [1.54, 1.807) is 28.4 Å². The number of benzene rings is 1. The van der Waals surface area contributed by atoms with Crippen molar-refractivity contribution in [1.29, 1.82) is 0 Å². The summed E-state index contributed by atoms with van der Waals surface area (Å²) in [6.07, 6.45) is 3.33. The van der Waals surface area contributed by atoms with Crippen LogP contribution in [0.25, 0.3) is 11.0 Å². The highest BCUT2D eigenvalue weighted by atomic mass is 32.1. The highest BCUT2D eigenvalue weighted by Crippen LogP contribution is 2.27. The first kappa shape index (κ1) is 17.4. The number of H-pyrrole nitrogens is 1. The molecule has 0 aliphatic carbocycles. The van der Waals surface area contributed by atoms with E-state index in [0.717, 1.165) is 10.6 Å². The van der Waals surface area contributed by atoms with E-state index in [-0.39, 0.29) is 17.1 Å². The number of nitrogens with one attached hydrogen (secondary N) is 2. The summed E-state index contributed by atoms with van der Waals surface area (Å²) in [6, 6.07) is 9.76. The Morgan fingerprint density at radius 3 is 2.67 bits per heavy atom. The molecule has 0 aliphatic heterocycles. The van der Waals surface area contributed by atoms with Crippen LogP contribution in [0.5, 0.6) is 0 Å². The van der Waals surface area contributed by atoms with Crippen molar-refractivity contribution in [3.63, 3.8) is 0 Å². The Balaban J connectivity index is 1.80. The van der Waals surface area contributed by atoms with E-state index in [2.05, 4.69) is 25.4 Å². The van der Waals surface area contributed by atoms with Crippen LogP contribution in [0.3, 0.4) is 0 Å². The molecule has 8 heteroatoms. The minimum atomic E-state index is -0.284. The highest BCUT2D eigenvalue weighted by molar-refractivity contribution is 7.09. The van der Waals surface area contributed by atoms with E-state index in [4.69, 9.17) is 0 Å². The summed E-state index contributed by atoms with van der Waals surface area (Å²) in [5, 5.41) is 11.0. The molecule has 138 valence electrons. The molecular formula is C19H20N6OS. The van der Waals surface area contributed by atoms with Crippen molar-refractivity contribution in [2.75, 3.05) is 5.32 Å². The Kier molecular flexibility index (Phi) is 4.27. The fourth-order valence-corrected chi connectivity index (χ4v) is 3.64. The maximum absolute atomic E-state index is 12.5. The quantitative estimate of drug-likeness (QED) is 0.565. The number of fused-ring (bicyclic) bond motifs is 1. The van der Waals surface area contributed by atoms with Gasteiger partial charge in [0, 0.05) is 11.6 Å². The van der Waals surface area contributed by atoms with Crippen LogP contribution in [-0.4, -0.2) is 24.7 Å². The smallest absolute Gasteiger partial charge is 0.263 e. The van der Waals surface area contributed by atoms with Gasteiger partial charge >= 0.3 is 0 Å². The predicted octanol–water partition coefficient (Wildman–Crippen LogP) is 3.53. The van der Waals surface area contributed by atoms with E-state index >= 15 is 0 Å². The van der Waals surface area contributed by atoms with Crippen LogP contribution in [0.4, 0.5) is 5.95 Å². The van der Waals surface area contributed by atoms with Crippen LogP contribution >= 0.6 is 11.3 Å². The summed E-state index contributed by atoms with van der Waals surface area (Å²) >= 11 is 1.55. The SMILES string of the molecule is CC(C)(C)n1ncc2c(=O)[nH]c(NC(c3ccccc3)c3nccs3)nc21. The lowest BCUT2D eigenvalue weighted by molar-refractivity contribution is 0.366. The Labute approximate surface area is 160 Å². The standard InChI is InChI=1S/C19H20N6OS/c1-19(2,3)25-15-13(11-21-25)16(26)24-18(23-15)22-14(17-20-9-10-27-17)12-7-5-4-6-8-12/h4-11,14H,1-3H3,(H2,22,23,24,26). The van der Waals surface area contributed by atoms with Gasteiger partial charge in [0.15, 0.2) is 5.65 Å². The third kappa shape index (κ3) is 3.35. The highest BCUT2D eigenvalue weighted by Gasteiger charge is 2.22. The van der Waals surface area contributed by atoms with Crippen molar-refractivity contribution in [3.8, 4) is 0 Å². The Morgan fingerprint density at radius 2 is 2.00 bits per heavy atom. The first-order chi connectivity index (χ1) is 12.9. The summed E-state index contributed by atoms with van der Waals surface area (Å²) in [5.74, 6) is 0.391. The van der Waals surface area contributed by atoms with Crippen molar-refractivity contribution < 1.29 is 0 Å². The molecule has 0 fully saturated rings. The second-order valence-electron chi connectivity index (χ2n) is 7.24. The van der Waals surface area contributed by atoms with Crippen molar-refractivity contribution in [3.05, 3.63) is 69.0 Å². The molecule has 1 atom stereocenters. The lowest BCUT2D eigenvalue weighted by Gasteiger charge is -2.20. The first-order valence-corrected chi connectivity index (χ1v) is 9.51. The molecule has 7 nitrogen and oxygen atoms in total. The number of hydrogen-bond donors (Lipinski definition) is 2. The van der Waals surface area contributed by atoms with Gasteiger partial charge in [-0.25, -0.2) is 9.67 Å². The largest absolute Gasteiger partial charge is 0.342 e. The van der Waals surface area contributed by atoms with Crippen LogP contribution in [0.15, 0.2) is 52.9 Å². The lowest BCUT2D eigenvalue weighted by atomic mass is 10.1. The number of anilines is 1. The van der Waals surface area contributed by atoms with Gasteiger partial charge in [-0.3, -0.25) is 9.78 Å². The van der Waals surface area contributed by atoms with Crippen molar-refractivity contribution in [1.82, 2.24) is 24.7 Å². The van der Waals surface area contributed by atoms with Crippen molar-refractivity contribution >= 4 is 28.3 Å². The molecule has 0 bridgehead atoms. The van der Waals surface area contributed by atoms with Crippen LogP contribution in [0, 0.1) is 0 Å². The second-order valence-corrected chi connectivity index (χ2v) is 8.16. The van der Waals surface area contributed by atoms with Gasteiger partial charge in [0.1, 0.15) is 16.4 Å². The summed E-state index contributed by atoms with van der Waals surface area (Å²) in [7, 11) is 0. The van der Waals surface area contributed by atoms with Crippen molar-refractivity contribution in [2.24, 2.45) is 0 Å². The molecule has 2 N–H and O–H groups in total. The minimum absolute atomic E-state index is 0.210. The summed E-state index contributed by atoms with van der Waals surface area (Å²) in [6.45, 7) is 6.08. The minimum Gasteiger partial charge on any atom is -0.342 e. The van der Waals surface area contributed by atoms with Gasteiger partial charge in [-0.15, -0.1) is 11.3 Å². The molecule has 0 saturated carbocycles. The zero-order valence-electron chi connectivity index (χ0n) is 15.3. The molecule has 27 heavy (non-hydrogen) atoms. The normalized spacial score (nSPS) is 13.0. The number of hydrogen-bond acceptors (Lipinski definition) is 6. The van der Waals surface area contributed by atoms with Gasteiger partial charge in [-0.05, 0) is 26.3 Å². The van der Waals surface area contributed by atoms with Crippen LogP contribution in [0.2, 0.25) is 0 Å². The maximum Gasteiger partial charge on any atom is 0.263 e. The molecule has 1 unspecified atom stereocenters. The number of nitrogens with zero attached hydrogens (tertiary/aromatic N) is 4. The topological polar surface area (TPSA) is 88.5 Å². The van der Waals surface area contributed by atoms with E-state index in [9.17, 15) is 4.79 Å². The van der Waals surface area contributed by atoms with Crippen molar-refractivity contribution in [2.45, 2.75) is 32.4 Å². The van der Waals surface area contributed by atoms with Crippen LogP contribution < -0.4 is 10.9 Å². The van der Waals surface area contributed by atoms with Crippen LogP contribution in [0.1, 0.15) is 37.4 Å². The molecule has 3 heterocycles. The molecule has 0 saturated heterocycles. The van der Waals surface area contributed by atoms with E-state index in [0.29, 0.717) is 17.0 Å². The average Bonchev–Trinajstić information content (AvgIpc) is 3.30. The van der Waals surface area contributed by atoms with E-state index in [1.165, 1.54) is 0 Å². The molecule has 0 radical (unpaired) electrons. The molecule has 4 aromatic rings. The molecule has 0 amide bonds. The lowest BCUT2D eigenvalue weighted by Crippen LogP contribution is -2.24. The molecule has 0 spiro atoms. The number of aromatic amines is 1. The van der Waals surface area contributed by atoms with Gasteiger partial charge < -0.3 is 5.32 Å². The Hall–Kier alpha value is -3.00. The zero-order chi connectivity index (χ0) is 19.0. The summed E-state index contributed by atoms with van der Waals surface area (Å²) in [5.41, 5.74) is 1.09. The fraction of sp³-hybridized carbons (Fsp3) is 0.263. The molecule has 3 aromatic heterocycles. The summed E-state index contributed by atoms with van der Waals surface area (Å²) in [4.78, 5) is 24.5. The first-order valence-electron chi connectivity index (χ1n) is 8.63. The zero-order valence-corrected chi connectivity index (χ0v) is 16.1. The second kappa shape index (κ2) is 6.62. The van der Waals surface area contributed by atoms with E-state index < -0.39 is 0 Å². The molecule has 4 rings (SSSR count). The average molecular weight is 380 g/mol. The third-order valence-electron chi connectivity index (χ3n) is 4.19. The Bertz CT molecular complexity index is 1110. The van der Waals surface area contributed by atoms with E-state index in [1.807, 2.05) is 56.5 Å². The Morgan fingerprint density at radius 1 is 1.22 bits per heavy atom. The molecule has 1 aromatic carbocycles. The molecule has 0 aliphatic rings. The number of aromatic nitrogens is 5. The van der Waals surface area contributed by atoms with Gasteiger partial charge in [-0.2, -0.15) is 10.1 Å². The predicted molar refractivity (Wildman–Crippen MR) is 107 cm³/mol. The summed E-state index contributed by atoms with van der Waals surface area (Å²) < 4.78 is 1.77. The van der Waals surface area contributed by atoms with Gasteiger partial charge in [0.2, 0.25) is 5.95 Å². The maximum atomic E-state index is 12.5. The van der Waals surface area contributed by atoms with Gasteiger partial charge in [-0.1, -0.05) is 30.3 Å². The van der Waals surface area contributed by atoms with Crippen LogP contribution in [-0.2, 0) is 5.54 Å². The monoisotopic (exact) mass is 380 g/mol. The third-order valence-corrected chi connectivity index (χ3v) is 5.03. The molecular weight excluding hydrogens is 360 g/mol. The number of rotatable bonds is 4. The number of thiazole rings is 1.